The molecule has 8 aromatic carbocycles. The maximum Gasteiger partial charge on any atom is 0.192 e. The molecule has 0 aliphatic carbocycles. The van der Waals surface area contributed by atoms with Crippen molar-refractivity contribution < 1.29 is 18.9 Å². The lowest BCUT2D eigenvalue weighted by molar-refractivity contribution is 0.218. The lowest BCUT2D eigenvalue weighted by Crippen LogP contribution is -2.29. The van der Waals surface area contributed by atoms with Gasteiger partial charge in [-0.2, -0.15) is 30.6 Å². The number of hydrogen-bond donors (Lipinski definition) is 4. The van der Waals surface area contributed by atoms with Crippen LogP contribution in [0.2, 0.25) is 45.2 Å². The molecule has 9 aromatic heterocycles. The highest BCUT2D eigenvalue weighted by Gasteiger charge is 2.26. The molecule has 23 nitrogen and oxygen atoms in total. The first kappa shape index (κ1) is 105. The first-order valence-electron chi connectivity index (χ1n) is 49.6. The number of nitrogens with one attached hydrogen (secondary N) is 4. The Bertz CT molecular complexity index is 7570. The third kappa shape index (κ3) is 26.9. The number of rotatable bonds is 28. The summed E-state index contributed by atoms with van der Waals surface area (Å²) in [6.45, 7) is 28.2. The molecule has 752 valence electrons. The van der Waals surface area contributed by atoms with Crippen LogP contribution in [0.1, 0.15) is 219 Å². The molecule has 4 aliphatic rings. The quantitative estimate of drug-likeness (QED) is 0.0333. The molecule has 0 radical (unpaired) electrons. The van der Waals surface area contributed by atoms with Gasteiger partial charge in [0.1, 0.15) is 47.4 Å². The van der Waals surface area contributed by atoms with Gasteiger partial charge in [0.25, 0.3) is 0 Å². The summed E-state index contributed by atoms with van der Waals surface area (Å²) in [5.74, 6) is 2.77. The second-order valence-electron chi connectivity index (χ2n) is 37.2. The molecule has 13 heterocycles. The Morgan fingerprint density at radius 3 is 1.04 bits per heavy atom. The molecule has 21 rings (SSSR count). The predicted octanol–water partition coefficient (Wildman–Crippen LogP) is 31.4. The summed E-state index contributed by atoms with van der Waals surface area (Å²) in [5, 5.41) is 50.0. The van der Waals surface area contributed by atoms with Crippen LogP contribution < -0.4 is 18.9 Å². The highest BCUT2D eigenvalue weighted by Crippen LogP contribution is 2.42. The number of pyridine rings is 4. The zero-order valence-electron chi connectivity index (χ0n) is 81.8. The van der Waals surface area contributed by atoms with Gasteiger partial charge < -0.3 is 23.8 Å². The van der Waals surface area contributed by atoms with Crippen LogP contribution in [-0.4, -0.2) is 143 Å². The third-order valence-electron chi connectivity index (χ3n) is 26.8. The third-order valence-corrected chi connectivity index (χ3v) is 29.6. The average Bonchev–Trinajstić information content (AvgIpc) is 1.25. The van der Waals surface area contributed by atoms with Gasteiger partial charge in [-0.3, -0.25) is 55.0 Å². The second kappa shape index (κ2) is 50.1. The van der Waals surface area contributed by atoms with Gasteiger partial charge in [-0.25, -0.2) is 4.85 Å². The van der Waals surface area contributed by atoms with Crippen molar-refractivity contribution in [3.8, 4) is 23.0 Å². The zero-order valence-corrected chi connectivity index (χ0v) is 88.6. The van der Waals surface area contributed by atoms with Gasteiger partial charge in [0, 0.05) is 125 Å². The summed E-state index contributed by atoms with van der Waals surface area (Å²) in [6, 6.07) is 52.9. The van der Waals surface area contributed by atoms with Gasteiger partial charge in [-0.15, -0.1) is 0 Å². The number of halogens is 9. The number of aromatic amines is 4. The van der Waals surface area contributed by atoms with Gasteiger partial charge in [0.05, 0.1) is 103 Å². The summed E-state index contributed by atoms with van der Waals surface area (Å²) in [4.78, 5) is 29.8. The zero-order chi connectivity index (χ0) is 102. The molecule has 17 aromatic rings. The van der Waals surface area contributed by atoms with Gasteiger partial charge in [0.15, 0.2) is 5.69 Å². The van der Waals surface area contributed by atoms with Crippen molar-refractivity contribution in [1.82, 2.24) is 90.5 Å². The normalized spacial score (nSPS) is 15.4. The highest BCUT2D eigenvalue weighted by molar-refractivity contribution is 6.38. The van der Waals surface area contributed by atoms with E-state index in [1.165, 1.54) is 131 Å². The van der Waals surface area contributed by atoms with Crippen molar-refractivity contribution in [3.63, 3.8) is 0 Å². The van der Waals surface area contributed by atoms with Gasteiger partial charge in [-0.1, -0.05) is 209 Å². The maximum atomic E-state index is 7.68. The molecular weight excluding hydrogens is 2030 g/mol. The number of hydrogen-bond acceptors (Lipinski definition) is 18. The van der Waals surface area contributed by atoms with Gasteiger partial charge >= 0.3 is 0 Å². The van der Waals surface area contributed by atoms with Crippen LogP contribution in [0.4, 0.5) is 5.69 Å². The van der Waals surface area contributed by atoms with E-state index in [2.05, 4.69) is 174 Å². The molecule has 0 saturated carbocycles. The van der Waals surface area contributed by atoms with E-state index in [0.717, 1.165) is 157 Å². The van der Waals surface area contributed by atoms with Crippen molar-refractivity contribution in [2.24, 2.45) is 0 Å². The average molecular weight is 2140 g/mol. The monoisotopic (exact) mass is 2140 g/mol. The lowest BCUT2D eigenvalue weighted by Gasteiger charge is -2.27. The van der Waals surface area contributed by atoms with Crippen molar-refractivity contribution in [2.75, 3.05) is 52.4 Å². The van der Waals surface area contributed by atoms with E-state index < -0.39 is 0 Å². The van der Waals surface area contributed by atoms with Crippen LogP contribution >= 0.6 is 104 Å². The summed E-state index contributed by atoms with van der Waals surface area (Å²) in [5.41, 5.74) is 19.0. The Morgan fingerprint density at radius 1 is 0.313 bits per heavy atom. The van der Waals surface area contributed by atoms with E-state index in [-0.39, 0.29) is 24.4 Å². The summed E-state index contributed by atoms with van der Waals surface area (Å²) >= 11 is 57.1. The molecule has 4 atom stereocenters. The van der Waals surface area contributed by atoms with E-state index >= 15 is 0 Å². The van der Waals surface area contributed by atoms with Gasteiger partial charge in [0.2, 0.25) is 0 Å². The fourth-order valence-electron chi connectivity index (χ4n) is 19.2. The van der Waals surface area contributed by atoms with Crippen molar-refractivity contribution >= 4 is 213 Å². The van der Waals surface area contributed by atoms with Crippen LogP contribution in [0, 0.1) is 6.57 Å². The van der Waals surface area contributed by atoms with Crippen LogP contribution in [0.5, 0.6) is 23.0 Å². The molecule has 4 N–H and O–H groups in total. The number of aromatic nitrogens is 14. The van der Waals surface area contributed by atoms with E-state index in [4.69, 9.17) is 130 Å². The number of piperidine rings is 4. The molecule has 0 spiro atoms. The molecule has 4 unspecified atom stereocenters. The lowest BCUT2D eigenvalue weighted by atomic mass is 9.98. The Labute approximate surface area is 899 Å². The molecule has 4 aliphatic heterocycles. The highest BCUT2D eigenvalue weighted by atomic mass is 35.5. The Balaban J connectivity index is 0.000000128. The Morgan fingerprint density at radius 2 is 0.660 bits per heavy atom. The largest absolute Gasteiger partial charge is 0.486 e. The maximum absolute atomic E-state index is 7.68. The molecule has 0 amide bonds. The molecule has 4 fully saturated rings. The van der Waals surface area contributed by atoms with E-state index in [9.17, 15) is 0 Å². The fourth-order valence-corrected chi connectivity index (χ4v) is 22.2. The minimum Gasteiger partial charge on any atom is -0.486 e. The SMILES string of the molecule is CC(Oc1ccc2[nH]nc(/C=C/c3ccc(CN4CCCCC4)c4ccccc34)c2c1)c1c(Cl)cncc1Cl.CC(Oc1ccc2[nH]nc(/C=C/c3ccc(CN4CCCCC4)cc3Cl)c2c1)c1c(Cl)cncc1Cl.CC(Oc1ccc2[nH]nc(/C=C/c3ccc(CN4CCCCC4)nn3)c2c1)c1c(Cl)cncc1Cl.[C-]#[N+]c1cc(/C=C/c2n[nH]c3ccc(OC(C)c4c(Cl)cncc4Cl)cc23)ccc1CN1CCCCC1. The standard InChI is InChI=1S/C32H30Cl2N4O.C29H27Cl2N5O.C28H27Cl3N4O.C26H26Cl2N6O/c1-21(32-28(33)18-35-19-29(32)34)39-24-12-14-31-27(17-24)30(36-37-31)13-11-22-9-10-23(20-38-15-5-2-6-16-38)26-8-4-3-7-25(22)26;1-19(29-24(30)16-33-17-25(29)31)37-22-9-11-27-23(15-22)26(34-35-27)10-7-20-6-8-21(28(14-20)32-2)18-36-12-4-3-5-13-36;1-18(28-24(30)15-32-16-25(28)31)36-21-8-10-27-22(14-21)26(33-34-27)9-7-20-6-5-19(13-23(20)29)17-35-11-3-2-4-12-35;1-17(26-22(27)14-29-15-23(26)28)35-20-8-10-25-21(13-20)24(32-33-25)9-7-18-5-6-19(31-30-18)16-34-11-3-2-4-12-34/h3-4,7-14,17-19,21H,2,5-6,15-16,20H2,1H3,(H,36,37);6-11,14-17,19H,3-5,12-13,18H2,1H3,(H,34,35);5-10,13-16,18H,2-4,11-12,17H2,1H3,(H,33,34);5-10,13-15,17H,2-4,11-12,16H2,1H3,(H,32,33)/b13-11+;10-7+;2*9-7+. The first-order valence-corrected chi connectivity index (χ1v) is 53.0. The minimum atomic E-state index is -0.359. The molecule has 147 heavy (non-hydrogen) atoms. The van der Waals surface area contributed by atoms with Crippen molar-refractivity contribution in [1.29, 1.82) is 0 Å². The number of benzene rings is 8. The van der Waals surface area contributed by atoms with Crippen LogP contribution in [0.15, 0.2) is 207 Å². The van der Waals surface area contributed by atoms with E-state index in [1.807, 2.05) is 155 Å². The molecule has 4 saturated heterocycles. The second-order valence-corrected chi connectivity index (χ2v) is 40.9. The van der Waals surface area contributed by atoms with Gasteiger partial charge in [-0.05, 0) is 303 Å². The fraction of sp³-hybridized carbons (Fsp3) is 0.278. The number of nitrogens with zero attached hydrogens (tertiary/aromatic N) is 15. The number of fused-ring (bicyclic) bond motifs is 5. The molecule has 0 bridgehead atoms. The van der Waals surface area contributed by atoms with Crippen LogP contribution in [0.3, 0.4) is 0 Å². The summed E-state index contributed by atoms with van der Waals surface area (Å²) < 4.78 is 24.7. The van der Waals surface area contributed by atoms with E-state index in [0.29, 0.717) is 85.6 Å². The number of likely N-dealkylation sites (tertiary alicyclic amines) is 4. The van der Waals surface area contributed by atoms with Crippen molar-refractivity contribution in [3.05, 3.63) is 354 Å². The molecular formula is C115H110Cl9N19O4. The topological polar surface area (TPSA) is 246 Å². The molecule has 32 heteroatoms. The Kier molecular flexibility index (Phi) is 35.7. The summed E-state index contributed by atoms with van der Waals surface area (Å²) in [6.07, 6.45) is 42.6. The van der Waals surface area contributed by atoms with E-state index in [1.54, 1.807) is 49.6 Å². The van der Waals surface area contributed by atoms with Crippen molar-refractivity contribution in [2.45, 2.75) is 155 Å². The predicted molar refractivity (Wildman–Crippen MR) is 600 cm³/mol. The smallest absolute Gasteiger partial charge is 0.192 e. The number of ether oxygens (including phenoxy) is 4. The number of H-pyrrole nitrogens is 4. The summed E-state index contributed by atoms with van der Waals surface area (Å²) in [7, 11) is 0. The minimum absolute atomic E-state index is 0.342. The Hall–Kier alpha value is -12.3. The van der Waals surface area contributed by atoms with Crippen LogP contribution in [0.25, 0.3) is 108 Å². The first-order chi connectivity index (χ1) is 71.6. The van der Waals surface area contributed by atoms with Crippen LogP contribution in [-0.2, 0) is 26.2 Å².